The van der Waals surface area contributed by atoms with E-state index in [1.165, 1.54) is 11.3 Å². The largest absolute Gasteiger partial charge is 0.380 e. The van der Waals surface area contributed by atoms with Crippen molar-refractivity contribution in [3.63, 3.8) is 0 Å². The van der Waals surface area contributed by atoms with Gasteiger partial charge < -0.3 is 29.7 Å². The highest BCUT2D eigenvalue weighted by Gasteiger charge is 2.31. The molecular weight excluding hydrogens is 506 g/mol. The van der Waals surface area contributed by atoms with Gasteiger partial charge in [-0.3, -0.25) is 14.5 Å². The van der Waals surface area contributed by atoms with Gasteiger partial charge in [-0.2, -0.15) is 0 Å². The van der Waals surface area contributed by atoms with Crippen LogP contribution in [0.15, 0.2) is 23.6 Å². The third-order valence-corrected chi connectivity index (χ3v) is 8.41. The van der Waals surface area contributed by atoms with E-state index >= 15 is 0 Å². The molecule has 38 heavy (non-hydrogen) atoms. The van der Waals surface area contributed by atoms with Crippen molar-refractivity contribution in [2.24, 2.45) is 0 Å². The van der Waals surface area contributed by atoms with Crippen molar-refractivity contribution < 1.29 is 23.8 Å². The van der Waals surface area contributed by atoms with Gasteiger partial charge in [0.25, 0.3) is 11.8 Å². The molecule has 0 aliphatic carbocycles. The lowest BCUT2D eigenvalue weighted by atomic mass is 10.00. The molecular formula is C27H37N5O5S. The van der Waals surface area contributed by atoms with Crippen LogP contribution in [0.4, 0.5) is 10.8 Å². The van der Waals surface area contributed by atoms with Gasteiger partial charge in [-0.15, -0.1) is 11.3 Å². The maximum atomic E-state index is 13.4. The van der Waals surface area contributed by atoms with Gasteiger partial charge in [0.15, 0.2) is 5.13 Å². The molecule has 11 heteroatoms. The number of nitrogens with zero attached hydrogens (tertiary/aromatic N) is 3. The number of amides is 2. The molecule has 0 saturated carbocycles. The highest BCUT2D eigenvalue weighted by molar-refractivity contribution is 7.14. The van der Waals surface area contributed by atoms with Gasteiger partial charge in [-0.05, 0) is 44.4 Å². The van der Waals surface area contributed by atoms with Gasteiger partial charge in [0.2, 0.25) is 0 Å². The van der Waals surface area contributed by atoms with Crippen LogP contribution in [0, 0.1) is 0 Å². The Morgan fingerprint density at radius 2 is 2.05 bits per heavy atom. The van der Waals surface area contributed by atoms with Gasteiger partial charge in [0.1, 0.15) is 5.69 Å². The van der Waals surface area contributed by atoms with Gasteiger partial charge in [-0.25, -0.2) is 4.98 Å². The minimum Gasteiger partial charge on any atom is -0.380 e. The average molecular weight is 544 g/mol. The van der Waals surface area contributed by atoms with E-state index < -0.39 is 0 Å². The van der Waals surface area contributed by atoms with Crippen molar-refractivity contribution in [3.05, 3.63) is 40.4 Å². The summed E-state index contributed by atoms with van der Waals surface area (Å²) in [5, 5.41) is 8.57. The molecule has 0 unspecified atom stereocenters. The van der Waals surface area contributed by atoms with E-state index in [9.17, 15) is 9.59 Å². The average Bonchev–Trinajstić information content (AvgIpc) is 3.67. The first-order valence-corrected chi connectivity index (χ1v) is 14.1. The highest BCUT2D eigenvalue weighted by Crippen LogP contribution is 2.28. The van der Waals surface area contributed by atoms with Crippen LogP contribution in [0.3, 0.4) is 0 Å². The molecule has 0 radical (unpaired) electrons. The van der Waals surface area contributed by atoms with Crippen LogP contribution in [-0.4, -0.2) is 92.6 Å². The Balaban J connectivity index is 1.34. The maximum Gasteiger partial charge on any atom is 0.275 e. The third-order valence-electron chi connectivity index (χ3n) is 7.51. The Bertz CT molecular complexity index is 1150. The van der Waals surface area contributed by atoms with Crippen molar-refractivity contribution >= 4 is 34.0 Å². The second-order valence-electron chi connectivity index (χ2n) is 10.8. The summed E-state index contributed by atoms with van der Waals surface area (Å²) in [6.45, 7) is 9.92. The number of nitrogens with one attached hydrogen (secondary N) is 2. The van der Waals surface area contributed by atoms with Crippen molar-refractivity contribution in [1.29, 1.82) is 0 Å². The molecule has 0 bridgehead atoms. The van der Waals surface area contributed by atoms with E-state index in [0.717, 1.165) is 43.2 Å². The number of anilines is 2. The summed E-state index contributed by atoms with van der Waals surface area (Å²) in [5.74, 6) is -0.559. The molecule has 3 aliphatic heterocycles. The first-order chi connectivity index (χ1) is 18.3. The van der Waals surface area contributed by atoms with Crippen molar-refractivity contribution in [3.8, 4) is 0 Å². The Kier molecular flexibility index (Phi) is 8.29. The molecule has 3 fully saturated rings. The molecule has 4 heterocycles. The van der Waals surface area contributed by atoms with E-state index in [0.29, 0.717) is 49.9 Å². The number of benzene rings is 1. The van der Waals surface area contributed by atoms with E-state index in [1.807, 2.05) is 18.2 Å². The number of rotatable bonds is 8. The number of aromatic nitrogens is 1. The molecule has 3 aliphatic rings. The predicted molar refractivity (Wildman–Crippen MR) is 146 cm³/mol. The second-order valence-corrected chi connectivity index (χ2v) is 11.6. The Labute approximate surface area is 227 Å². The number of ether oxygens (including phenoxy) is 3. The zero-order valence-corrected chi connectivity index (χ0v) is 23.1. The molecule has 206 valence electrons. The van der Waals surface area contributed by atoms with Crippen LogP contribution >= 0.6 is 11.3 Å². The van der Waals surface area contributed by atoms with Crippen LogP contribution in [0.2, 0.25) is 0 Å². The van der Waals surface area contributed by atoms with Crippen LogP contribution in [0.5, 0.6) is 0 Å². The molecule has 2 N–H and O–H groups in total. The van der Waals surface area contributed by atoms with E-state index in [1.54, 1.807) is 12.5 Å². The molecule has 10 nitrogen and oxygen atoms in total. The normalized spacial score (nSPS) is 23.5. The maximum absolute atomic E-state index is 13.4. The Hall–Kier alpha value is -2.57. The lowest BCUT2D eigenvalue weighted by Crippen LogP contribution is -2.52. The lowest BCUT2D eigenvalue weighted by molar-refractivity contribution is -0.0552. The summed E-state index contributed by atoms with van der Waals surface area (Å²) in [4.78, 5) is 35.6. The lowest BCUT2D eigenvalue weighted by Gasteiger charge is -2.42. The zero-order chi connectivity index (χ0) is 26.7. The van der Waals surface area contributed by atoms with Crippen LogP contribution in [0.25, 0.3) is 0 Å². The summed E-state index contributed by atoms with van der Waals surface area (Å²) in [7, 11) is 1.72. The summed E-state index contributed by atoms with van der Waals surface area (Å²) in [6.07, 6.45) is 1.90. The zero-order valence-electron chi connectivity index (χ0n) is 22.3. The number of carbonyl (C=O) groups is 2. The van der Waals surface area contributed by atoms with E-state index in [-0.39, 0.29) is 29.5 Å². The number of hydrogen-bond acceptors (Lipinski definition) is 9. The Morgan fingerprint density at radius 1 is 1.18 bits per heavy atom. The number of methoxy groups -OCH3 is 1. The monoisotopic (exact) mass is 543 g/mol. The molecule has 3 saturated heterocycles. The van der Waals surface area contributed by atoms with Crippen LogP contribution in [-0.2, 0) is 20.8 Å². The van der Waals surface area contributed by atoms with Crippen molar-refractivity contribution in [1.82, 2.24) is 15.2 Å². The Morgan fingerprint density at radius 3 is 2.79 bits per heavy atom. The summed E-state index contributed by atoms with van der Waals surface area (Å²) >= 11 is 1.44. The van der Waals surface area contributed by atoms with Crippen molar-refractivity contribution in [2.45, 2.75) is 50.9 Å². The molecule has 2 atom stereocenters. The highest BCUT2D eigenvalue weighted by atomic mass is 32.1. The summed E-state index contributed by atoms with van der Waals surface area (Å²) < 4.78 is 16.5. The molecule has 1 aromatic heterocycles. The SMILES string of the molecule is CO[C@H]1CCN(c2nc(C(=O)Nc3ccc(CN4CCOCC4(C)C)cc3C(=O)N[C@@H]3CCOC3)cs2)C1. The van der Waals surface area contributed by atoms with E-state index in [4.69, 9.17) is 14.2 Å². The van der Waals surface area contributed by atoms with E-state index in [2.05, 4.69) is 39.3 Å². The fourth-order valence-corrected chi connectivity index (χ4v) is 5.94. The van der Waals surface area contributed by atoms with Gasteiger partial charge in [0, 0.05) is 50.8 Å². The standard InChI is InChI=1S/C27H37N5O5S/c1-27(2)17-37-11-9-32(27)13-18-4-5-22(21(12-18)24(33)28-19-7-10-36-15-19)29-25(34)23-16-38-26(30-23)31-8-6-20(14-31)35-3/h4-5,12,16,19-20H,6-11,13-15,17H2,1-3H3,(H,28,33)(H,29,34)/t19-,20+/m1/s1. The summed E-state index contributed by atoms with van der Waals surface area (Å²) in [6, 6.07) is 5.63. The number of hydrogen-bond donors (Lipinski definition) is 2. The molecule has 1 aromatic carbocycles. The smallest absolute Gasteiger partial charge is 0.275 e. The van der Waals surface area contributed by atoms with Gasteiger partial charge in [0.05, 0.1) is 43.2 Å². The molecule has 2 amide bonds. The number of morpholine rings is 1. The van der Waals surface area contributed by atoms with Crippen LogP contribution in [0.1, 0.15) is 53.1 Å². The number of thiazole rings is 1. The minimum atomic E-state index is -0.338. The van der Waals surface area contributed by atoms with Crippen molar-refractivity contribution in [2.75, 3.05) is 63.4 Å². The summed E-state index contributed by atoms with van der Waals surface area (Å²) in [5.41, 5.74) is 2.14. The quantitative estimate of drug-likeness (QED) is 0.524. The topological polar surface area (TPSA) is 105 Å². The fourth-order valence-electron chi connectivity index (χ4n) is 5.10. The first kappa shape index (κ1) is 27.0. The molecule has 0 spiro atoms. The minimum absolute atomic E-state index is 0.0367. The second kappa shape index (κ2) is 11.7. The first-order valence-electron chi connectivity index (χ1n) is 13.2. The van der Waals surface area contributed by atoms with Gasteiger partial charge >= 0.3 is 0 Å². The molecule has 5 rings (SSSR count). The van der Waals surface area contributed by atoms with Gasteiger partial charge in [-0.1, -0.05) is 6.07 Å². The fraction of sp³-hybridized carbons (Fsp3) is 0.593. The third kappa shape index (κ3) is 6.18. The number of carbonyl (C=O) groups excluding carboxylic acids is 2. The van der Waals surface area contributed by atoms with Crippen LogP contribution < -0.4 is 15.5 Å². The molecule has 2 aromatic rings. The predicted octanol–water partition coefficient (Wildman–Crippen LogP) is 2.75.